The van der Waals surface area contributed by atoms with Gasteiger partial charge in [0.05, 0.1) is 9.95 Å². The first-order valence-electron chi connectivity index (χ1n) is 5.79. The van der Waals surface area contributed by atoms with Gasteiger partial charge < -0.3 is 5.32 Å². The fourth-order valence-electron chi connectivity index (χ4n) is 2.35. The van der Waals surface area contributed by atoms with Crippen molar-refractivity contribution < 1.29 is 4.92 Å². The number of rotatable bonds is 3. The zero-order chi connectivity index (χ0) is 12.4. The van der Waals surface area contributed by atoms with Gasteiger partial charge in [0.15, 0.2) is 0 Å². The highest BCUT2D eigenvalue weighted by molar-refractivity contribution is 6.33. The summed E-state index contributed by atoms with van der Waals surface area (Å²) in [6, 6.07) is 5.04. The van der Waals surface area contributed by atoms with Gasteiger partial charge in [0.1, 0.15) is 5.69 Å². The molecule has 0 bridgehead atoms. The van der Waals surface area contributed by atoms with Gasteiger partial charge in [-0.25, -0.2) is 0 Å². The number of anilines is 1. The normalized spacial score (nSPS) is 23.6. The minimum Gasteiger partial charge on any atom is -0.375 e. The van der Waals surface area contributed by atoms with Crippen LogP contribution in [0.15, 0.2) is 18.2 Å². The van der Waals surface area contributed by atoms with Crippen molar-refractivity contribution in [3.8, 4) is 0 Å². The third kappa shape index (κ3) is 2.52. The molecule has 0 saturated heterocycles. The van der Waals surface area contributed by atoms with Crippen LogP contribution in [0.4, 0.5) is 11.4 Å². The van der Waals surface area contributed by atoms with E-state index in [0.29, 0.717) is 16.6 Å². The predicted octanol–water partition coefficient (Wildman–Crippen LogP) is 3.85. The molecule has 1 saturated carbocycles. The maximum Gasteiger partial charge on any atom is 0.293 e. The van der Waals surface area contributed by atoms with Gasteiger partial charge in [0, 0.05) is 12.1 Å². The molecule has 0 aliphatic heterocycles. The van der Waals surface area contributed by atoms with Gasteiger partial charge in [-0.1, -0.05) is 31.0 Å². The summed E-state index contributed by atoms with van der Waals surface area (Å²) >= 11 is 6.03. The Kier molecular flexibility index (Phi) is 3.52. The summed E-state index contributed by atoms with van der Waals surface area (Å²) in [5.41, 5.74) is 0.509. The van der Waals surface area contributed by atoms with Gasteiger partial charge in [0.25, 0.3) is 5.69 Å². The summed E-state index contributed by atoms with van der Waals surface area (Å²) in [6.45, 7) is 2.16. The second-order valence-corrected chi connectivity index (χ2v) is 4.96. The highest BCUT2D eigenvalue weighted by atomic mass is 35.5. The van der Waals surface area contributed by atoms with Crippen LogP contribution < -0.4 is 5.32 Å². The van der Waals surface area contributed by atoms with E-state index in [1.54, 1.807) is 12.1 Å². The first-order valence-corrected chi connectivity index (χ1v) is 6.17. The molecule has 1 aromatic rings. The number of nitro groups is 1. The molecule has 1 fully saturated rings. The molecule has 1 aliphatic carbocycles. The van der Waals surface area contributed by atoms with Crippen molar-refractivity contribution in [2.45, 2.75) is 32.2 Å². The maximum atomic E-state index is 10.9. The number of para-hydroxylation sites is 1. The Bertz CT molecular complexity index is 437. The van der Waals surface area contributed by atoms with E-state index in [0.717, 1.165) is 19.3 Å². The summed E-state index contributed by atoms with van der Waals surface area (Å²) in [5.74, 6) is 0.533. The molecule has 0 heterocycles. The van der Waals surface area contributed by atoms with Crippen molar-refractivity contribution in [2.24, 2.45) is 5.92 Å². The topological polar surface area (TPSA) is 55.2 Å². The smallest absolute Gasteiger partial charge is 0.293 e. The van der Waals surface area contributed by atoms with Crippen molar-refractivity contribution in [1.82, 2.24) is 0 Å². The number of nitrogens with zero attached hydrogens (tertiary/aromatic N) is 1. The third-order valence-corrected chi connectivity index (χ3v) is 3.69. The second-order valence-electron chi connectivity index (χ2n) is 4.55. The lowest BCUT2D eigenvalue weighted by Gasteiger charge is -2.19. The molecule has 1 aliphatic rings. The Hall–Kier alpha value is -1.29. The molecule has 92 valence electrons. The number of halogens is 1. The van der Waals surface area contributed by atoms with Crippen LogP contribution in [0.1, 0.15) is 26.2 Å². The standard InChI is InChI=1S/C12H15ClN2O2/c1-8-4-2-6-10(8)14-12-9(13)5-3-7-11(12)15(16)17/h3,5,7-8,10,14H,2,4,6H2,1H3. The van der Waals surface area contributed by atoms with Crippen LogP contribution in [0.5, 0.6) is 0 Å². The molecule has 4 nitrogen and oxygen atoms in total. The van der Waals surface area contributed by atoms with Crippen molar-refractivity contribution in [3.63, 3.8) is 0 Å². The van der Waals surface area contributed by atoms with Crippen LogP contribution >= 0.6 is 11.6 Å². The van der Waals surface area contributed by atoms with E-state index in [-0.39, 0.29) is 11.7 Å². The highest BCUT2D eigenvalue weighted by Gasteiger charge is 2.26. The van der Waals surface area contributed by atoms with Crippen LogP contribution in [-0.4, -0.2) is 11.0 Å². The molecule has 1 aromatic carbocycles. The molecule has 0 spiro atoms. The number of benzene rings is 1. The largest absolute Gasteiger partial charge is 0.375 e. The molecule has 2 atom stereocenters. The van der Waals surface area contributed by atoms with Crippen molar-refractivity contribution >= 4 is 23.0 Å². The molecule has 2 rings (SSSR count). The molecular formula is C12H15ClN2O2. The Morgan fingerprint density at radius 2 is 2.24 bits per heavy atom. The molecule has 5 heteroatoms. The molecule has 17 heavy (non-hydrogen) atoms. The fourth-order valence-corrected chi connectivity index (χ4v) is 2.58. The van der Waals surface area contributed by atoms with Gasteiger partial charge in [-0.15, -0.1) is 0 Å². The number of nitro benzene ring substituents is 1. The zero-order valence-corrected chi connectivity index (χ0v) is 10.4. The molecule has 1 N–H and O–H groups in total. The van der Waals surface area contributed by atoms with E-state index >= 15 is 0 Å². The van der Waals surface area contributed by atoms with E-state index in [4.69, 9.17) is 11.6 Å². The van der Waals surface area contributed by atoms with Crippen LogP contribution in [0, 0.1) is 16.0 Å². The molecule has 0 radical (unpaired) electrons. The second kappa shape index (κ2) is 4.92. The highest BCUT2D eigenvalue weighted by Crippen LogP contribution is 2.36. The van der Waals surface area contributed by atoms with Crippen molar-refractivity contribution in [3.05, 3.63) is 33.3 Å². The monoisotopic (exact) mass is 254 g/mol. The maximum absolute atomic E-state index is 10.9. The van der Waals surface area contributed by atoms with E-state index < -0.39 is 4.92 Å². The van der Waals surface area contributed by atoms with Gasteiger partial charge in [0.2, 0.25) is 0 Å². The zero-order valence-electron chi connectivity index (χ0n) is 9.65. The molecule has 0 aromatic heterocycles. The first kappa shape index (κ1) is 12.2. The van der Waals surface area contributed by atoms with Crippen LogP contribution in [0.3, 0.4) is 0 Å². The minimum absolute atomic E-state index is 0.0524. The summed E-state index contributed by atoms with van der Waals surface area (Å²) in [6.07, 6.45) is 3.37. The van der Waals surface area contributed by atoms with E-state index in [1.165, 1.54) is 6.07 Å². The molecule has 0 amide bonds. The van der Waals surface area contributed by atoms with Crippen LogP contribution in [-0.2, 0) is 0 Å². The Morgan fingerprint density at radius 1 is 1.47 bits per heavy atom. The van der Waals surface area contributed by atoms with Gasteiger partial charge >= 0.3 is 0 Å². The van der Waals surface area contributed by atoms with Gasteiger partial charge in [-0.3, -0.25) is 10.1 Å². The summed E-state index contributed by atoms with van der Waals surface area (Å²) in [4.78, 5) is 10.5. The fraction of sp³-hybridized carbons (Fsp3) is 0.500. The van der Waals surface area contributed by atoms with Crippen LogP contribution in [0.2, 0.25) is 5.02 Å². The van der Waals surface area contributed by atoms with Gasteiger partial charge in [-0.05, 0) is 24.8 Å². The first-order chi connectivity index (χ1) is 8.09. The predicted molar refractivity (Wildman–Crippen MR) is 68.5 cm³/mol. The SMILES string of the molecule is CC1CCCC1Nc1c(Cl)cccc1[N+](=O)[O-]. The van der Waals surface area contributed by atoms with Crippen molar-refractivity contribution in [1.29, 1.82) is 0 Å². The lowest BCUT2D eigenvalue weighted by atomic mass is 10.1. The number of hydrogen-bond acceptors (Lipinski definition) is 3. The minimum atomic E-state index is -0.395. The molecular weight excluding hydrogens is 240 g/mol. The Labute approximate surface area is 105 Å². The average molecular weight is 255 g/mol. The summed E-state index contributed by atoms with van der Waals surface area (Å²) in [5, 5.41) is 14.6. The van der Waals surface area contributed by atoms with Gasteiger partial charge in [-0.2, -0.15) is 0 Å². The Morgan fingerprint density at radius 3 is 2.82 bits per heavy atom. The lowest BCUT2D eigenvalue weighted by molar-refractivity contribution is -0.384. The summed E-state index contributed by atoms with van der Waals surface area (Å²) < 4.78 is 0. The average Bonchev–Trinajstić information content (AvgIpc) is 2.67. The van der Waals surface area contributed by atoms with Crippen molar-refractivity contribution in [2.75, 3.05) is 5.32 Å². The third-order valence-electron chi connectivity index (χ3n) is 3.38. The number of hydrogen-bond donors (Lipinski definition) is 1. The number of nitrogens with one attached hydrogen (secondary N) is 1. The quantitative estimate of drug-likeness (QED) is 0.658. The Balaban J connectivity index is 2.27. The van der Waals surface area contributed by atoms with Crippen LogP contribution in [0.25, 0.3) is 0 Å². The molecule has 2 unspecified atom stereocenters. The van der Waals surface area contributed by atoms with E-state index in [9.17, 15) is 10.1 Å². The lowest BCUT2D eigenvalue weighted by Crippen LogP contribution is -2.22. The van der Waals surface area contributed by atoms with E-state index in [1.807, 2.05) is 0 Å². The van der Waals surface area contributed by atoms with E-state index in [2.05, 4.69) is 12.2 Å². The summed E-state index contributed by atoms with van der Waals surface area (Å²) in [7, 11) is 0.